The molecule has 0 saturated heterocycles. The van der Waals surface area contributed by atoms with E-state index in [1.165, 1.54) is 0 Å². The van der Waals surface area contributed by atoms with Crippen LogP contribution in [0.4, 0.5) is 35.1 Å². The lowest BCUT2D eigenvalue weighted by Gasteiger charge is -2.09. The smallest absolute Gasteiger partial charge is 0.313 e. The second-order valence-corrected chi connectivity index (χ2v) is 5.66. The van der Waals surface area contributed by atoms with Gasteiger partial charge in [-0.3, -0.25) is 9.59 Å². The quantitative estimate of drug-likeness (QED) is 0.196. The van der Waals surface area contributed by atoms with Gasteiger partial charge in [0.2, 0.25) is 34.8 Å². The molecule has 0 bridgehead atoms. The van der Waals surface area contributed by atoms with E-state index in [4.69, 9.17) is 4.74 Å². The summed E-state index contributed by atoms with van der Waals surface area (Å²) < 4.78 is 119. The van der Waals surface area contributed by atoms with Gasteiger partial charge in [-0.1, -0.05) is 0 Å². The molecule has 0 unspecified atom stereocenters. The highest BCUT2D eigenvalue weighted by molar-refractivity contribution is 5.73. The maximum atomic E-state index is 13.4. The van der Waals surface area contributed by atoms with Gasteiger partial charge in [-0.05, 0) is 0 Å². The zero-order valence-corrected chi connectivity index (χ0v) is 15.0. The largest absolute Gasteiger partial charge is 0.420 e. The second-order valence-electron chi connectivity index (χ2n) is 5.66. The Bertz CT molecular complexity index is 879. The summed E-state index contributed by atoms with van der Waals surface area (Å²) in [5, 5.41) is 0. The number of hydrogen-bond acceptors (Lipinski definition) is 5. The van der Waals surface area contributed by atoms with Gasteiger partial charge in [-0.25, -0.2) is 17.6 Å². The molecule has 0 heterocycles. The molecule has 0 spiro atoms. The molecule has 2 aromatic carbocycles. The van der Waals surface area contributed by atoms with E-state index in [0.29, 0.717) is 0 Å². The lowest BCUT2D eigenvalue weighted by molar-refractivity contribution is -0.136. The van der Waals surface area contributed by atoms with Crippen molar-refractivity contribution in [3.63, 3.8) is 0 Å². The number of esters is 2. The molecule has 13 heteroatoms. The summed E-state index contributed by atoms with van der Waals surface area (Å²) in [4.78, 5) is 23.0. The fourth-order valence-corrected chi connectivity index (χ4v) is 2.02. The standard InChI is InChI=1S/C18H10F8O5/c19-7-5-8(20)14(24)17(13(7)23)30-11(27)1-3-29-4-2-12(28)31-18-15(25)9(21)6-10(22)16(18)26/h5-6H,1-4H2. The van der Waals surface area contributed by atoms with E-state index in [-0.39, 0.29) is 12.1 Å². The summed E-state index contributed by atoms with van der Waals surface area (Å²) in [6, 6.07) is -0.166. The van der Waals surface area contributed by atoms with Crippen molar-refractivity contribution in [2.75, 3.05) is 13.2 Å². The average Bonchev–Trinajstić information content (AvgIpc) is 2.71. The average molecular weight is 458 g/mol. The van der Waals surface area contributed by atoms with Gasteiger partial charge in [0.05, 0.1) is 26.1 Å². The van der Waals surface area contributed by atoms with Gasteiger partial charge in [0, 0.05) is 12.1 Å². The Balaban J connectivity index is 1.79. The van der Waals surface area contributed by atoms with E-state index in [9.17, 15) is 44.7 Å². The van der Waals surface area contributed by atoms with E-state index in [1.54, 1.807) is 0 Å². The zero-order chi connectivity index (χ0) is 23.3. The van der Waals surface area contributed by atoms with Crippen molar-refractivity contribution < 1.29 is 58.9 Å². The van der Waals surface area contributed by atoms with Crippen LogP contribution in [-0.2, 0) is 14.3 Å². The number of carbonyl (C=O) groups is 2. The SMILES string of the molecule is O=C(CCOCCC(=O)Oc1c(F)c(F)cc(F)c1F)Oc1c(F)c(F)cc(F)c1F. The summed E-state index contributed by atoms with van der Waals surface area (Å²) >= 11 is 0. The maximum Gasteiger partial charge on any atom is 0.313 e. The fraction of sp³-hybridized carbons (Fsp3) is 0.222. The van der Waals surface area contributed by atoms with Crippen molar-refractivity contribution in [3.05, 3.63) is 58.7 Å². The molecule has 0 aliphatic carbocycles. The lowest BCUT2D eigenvalue weighted by atomic mass is 10.3. The number of carbonyl (C=O) groups excluding carboxylic acids is 2. The summed E-state index contributed by atoms with van der Waals surface area (Å²) in [6.45, 7) is -1.02. The molecular weight excluding hydrogens is 448 g/mol. The Kier molecular flexibility index (Phi) is 7.91. The van der Waals surface area contributed by atoms with E-state index in [0.717, 1.165) is 0 Å². The van der Waals surface area contributed by atoms with Crippen LogP contribution in [0.5, 0.6) is 11.5 Å². The molecule has 0 radical (unpaired) electrons. The molecule has 0 atom stereocenters. The lowest BCUT2D eigenvalue weighted by Crippen LogP contribution is -2.17. The molecule has 0 fully saturated rings. The minimum Gasteiger partial charge on any atom is -0.420 e. The first-order valence-corrected chi connectivity index (χ1v) is 8.18. The summed E-state index contributed by atoms with van der Waals surface area (Å²) in [5.41, 5.74) is 0. The van der Waals surface area contributed by atoms with Gasteiger partial charge in [0.1, 0.15) is 0 Å². The summed E-state index contributed by atoms with van der Waals surface area (Å²) in [7, 11) is 0. The number of hydrogen-bond donors (Lipinski definition) is 0. The molecule has 31 heavy (non-hydrogen) atoms. The zero-order valence-electron chi connectivity index (χ0n) is 15.0. The first kappa shape index (κ1) is 24.1. The molecule has 0 aliphatic heterocycles. The highest BCUT2D eigenvalue weighted by Crippen LogP contribution is 2.27. The summed E-state index contributed by atoms with van der Waals surface area (Å²) in [6.07, 6.45) is -1.35. The Morgan fingerprint density at radius 3 is 1.16 bits per heavy atom. The van der Waals surface area contributed by atoms with Crippen LogP contribution in [-0.4, -0.2) is 25.2 Å². The molecular formula is C18H10F8O5. The van der Waals surface area contributed by atoms with Gasteiger partial charge >= 0.3 is 11.9 Å². The first-order valence-electron chi connectivity index (χ1n) is 8.18. The Morgan fingerprint density at radius 2 is 0.871 bits per heavy atom. The number of benzene rings is 2. The van der Waals surface area contributed by atoms with Crippen molar-refractivity contribution >= 4 is 11.9 Å². The van der Waals surface area contributed by atoms with Crippen LogP contribution in [0, 0.1) is 46.5 Å². The number of ether oxygens (including phenoxy) is 3. The van der Waals surface area contributed by atoms with Gasteiger partial charge in [-0.15, -0.1) is 0 Å². The molecule has 0 saturated carbocycles. The highest BCUT2D eigenvalue weighted by Gasteiger charge is 2.24. The third-order valence-electron chi connectivity index (χ3n) is 3.48. The van der Waals surface area contributed by atoms with E-state index >= 15 is 0 Å². The number of halogens is 8. The van der Waals surface area contributed by atoms with Crippen LogP contribution in [0.25, 0.3) is 0 Å². The van der Waals surface area contributed by atoms with Crippen LogP contribution in [0.3, 0.4) is 0 Å². The maximum absolute atomic E-state index is 13.4. The van der Waals surface area contributed by atoms with E-state index in [2.05, 4.69) is 9.47 Å². The van der Waals surface area contributed by atoms with Crippen LogP contribution < -0.4 is 9.47 Å². The summed E-state index contributed by atoms with van der Waals surface area (Å²) in [5.74, 6) is -20.7. The van der Waals surface area contributed by atoms with Gasteiger partial charge in [0.15, 0.2) is 23.3 Å². The molecule has 5 nitrogen and oxygen atoms in total. The predicted molar refractivity (Wildman–Crippen MR) is 83.9 cm³/mol. The molecule has 0 N–H and O–H groups in total. The fourth-order valence-electron chi connectivity index (χ4n) is 2.02. The molecule has 2 rings (SSSR count). The van der Waals surface area contributed by atoms with Crippen LogP contribution >= 0.6 is 0 Å². The van der Waals surface area contributed by atoms with Crippen molar-refractivity contribution in [1.29, 1.82) is 0 Å². The molecule has 0 aromatic heterocycles. The molecule has 0 aliphatic rings. The second kappa shape index (κ2) is 10.2. The van der Waals surface area contributed by atoms with Crippen LogP contribution in [0.1, 0.15) is 12.8 Å². The van der Waals surface area contributed by atoms with Crippen molar-refractivity contribution in [2.24, 2.45) is 0 Å². The monoisotopic (exact) mass is 458 g/mol. The van der Waals surface area contributed by atoms with Gasteiger partial charge < -0.3 is 14.2 Å². The molecule has 0 amide bonds. The van der Waals surface area contributed by atoms with Crippen molar-refractivity contribution in [1.82, 2.24) is 0 Å². The normalized spacial score (nSPS) is 10.8. The number of rotatable bonds is 8. The van der Waals surface area contributed by atoms with Crippen molar-refractivity contribution in [2.45, 2.75) is 12.8 Å². The predicted octanol–water partition coefficient (Wildman–Crippen LogP) is 4.11. The minimum atomic E-state index is -1.93. The van der Waals surface area contributed by atoms with Gasteiger partial charge in [-0.2, -0.15) is 17.6 Å². The van der Waals surface area contributed by atoms with E-state index in [1.807, 2.05) is 0 Å². The van der Waals surface area contributed by atoms with Crippen LogP contribution in [0.2, 0.25) is 0 Å². The minimum absolute atomic E-state index is 0.0832. The topological polar surface area (TPSA) is 61.8 Å². The Morgan fingerprint density at radius 1 is 0.581 bits per heavy atom. The third kappa shape index (κ3) is 5.90. The first-order chi connectivity index (χ1) is 14.5. The molecule has 168 valence electrons. The Labute approximate surface area is 168 Å². The van der Waals surface area contributed by atoms with E-state index < -0.39 is 96.0 Å². The van der Waals surface area contributed by atoms with Crippen molar-refractivity contribution in [3.8, 4) is 11.5 Å². The Hall–Kier alpha value is -3.22. The van der Waals surface area contributed by atoms with Gasteiger partial charge in [0.25, 0.3) is 0 Å². The highest BCUT2D eigenvalue weighted by atomic mass is 19.2. The van der Waals surface area contributed by atoms with Crippen LogP contribution in [0.15, 0.2) is 12.1 Å². The molecule has 2 aromatic rings. The third-order valence-corrected chi connectivity index (χ3v) is 3.48.